The highest BCUT2D eigenvalue weighted by atomic mass is 16.1. The maximum Gasteiger partial charge on any atom is 0.255 e. The third-order valence-electron chi connectivity index (χ3n) is 6.11. The number of aromatic nitrogens is 4. The van der Waals surface area contributed by atoms with Crippen molar-refractivity contribution in [2.45, 2.75) is 32.2 Å². The monoisotopic (exact) mass is 440 g/mol. The number of hydrogen-bond donors (Lipinski definition) is 1. The van der Waals surface area contributed by atoms with E-state index < -0.39 is 0 Å². The van der Waals surface area contributed by atoms with Crippen LogP contribution in [0.5, 0.6) is 0 Å². The molecule has 7 nitrogen and oxygen atoms in total. The molecule has 1 aromatic carbocycles. The van der Waals surface area contributed by atoms with Crippen LogP contribution in [0.1, 0.15) is 36.0 Å². The molecule has 3 aromatic heterocycles. The first-order chi connectivity index (χ1) is 16.3. The molecule has 0 spiro atoms. The molecule has 0 bridgehead atoms. The fourth-order valence-corrected chi connectivity index (χ4v) is 4.37. The summed E-state index contributed by atoms with van der Waals surface area (Å²) >= 11 is 0. The SMILES string of the molecule is O=C(NCCCn1ccc2ccccc21)c1cnc(N2CCCCC2)nc1-c1ccccn1. The molecule has 5 rings (SSSR count). The average Bonchev–Trinajstić information content (AvgIpc) is 3.30. The van der Waals surface area contributed by atoms with Gasteiger partial charge in [-0.2, -0.15) is 0 Å². The molecule has 33 heavy (non-hydrogen) atoms. The first kappa shape index (κ1) is 21.1. The van der Waals surface area contributed by atoms with Gasteiger partial charge in [0.1, 0.15) is 5.69 Å². The molecule has 0 saturated carbocycles. The standard InChI is InChI=1S/C26H28N6O/c33-25(28-14-8-17-31-18-12-20-9-2-3-11-23(20)31)21-19-29-26(32-15-6-1-7-16-32)30-24(21)22-10-4-5-13-27-22/h2-5,9-13,18-19H,1,6-8,14-17H2,(H,28,33). The second-order valence-electron chi connectivity index (χ2n) is 8.37. The summed E-state index contributed by atoms with van der Waals surface area (Å²) in [5.41, 5.74) is 2.94. The Morgan fingerprint density at radius 2 is 1.82 bits per heavy atom. The Labute approximate surface area is 193 Å². The van der Waals surface area contributed by atoms with E-state index in [1.54, 1.807) is 12.4 Å². The van der Waals surface area contributed by atoms with Gasteiger partial charge in [-0.25, -0.2) is 9.97 Å². The Morgan fingerprint density at radius 3 is 2.67 bits per heavy atom. The van der Waals surface area contributed by atoms with E-state index in [1.807, 2.05) is 30.3 Å². The zero-order valence-electron chi connectivity index (χ0n) is 18.7. The van der Waals surface area contributed by atoms with Gasteiger partial charge in [0, 0.05) is 50.3 Å². The summed E-state index contributed by atoms with van der Waals surface area (Å²) in [4.78, 5) is 29.0. The predicted octanol–water partition coefficient (Wildman–Crippen LogP) is 4.30. The number of hydrogen-bond acceptors (Lipinski definition) is 5. The van der Waals surface area contributed by atoms with E-state index in [0.717, 1.165) is 38.9 Å². The fourth-order valence-electron chi connectivity index (χ4n) is 4.37. The third kappa shape index (κ3) is 4.72. The smallest absolute Gasteiger partial charge is 0.255 e. The van der Waals surface area contributed by atoms with E-state index in [9.17, 15) is 4.79 Å². The Balaban J connectivity index is 1.29. The van der Waals surface area contributed by atoms with E-state index in [4.69, 9.17) is 4.98 Å². The number of carbonyl (C=O) groups is 1. The molecule has 7 heteroatoms. The molecule has 4 aromatic rings. The van der Waals surface area contributed by atoms with Crippen LogP contribution in [0.25, 0.3) is 22.3 Å². The fraction of sp³-hybridized carbons (Fsp3) is 0.308. The number of benzene rings is 1. The molecular weight excluding hydrogens is 412 g/mol. The highest BCUT2D eigenvalue weighted by Gasteiger charge is 2.20. The zero-order valence-corrected chi connectivity index (χ0v) is 18.7. The second-order valence-corrected chi connectivity index (χ2v) is 8.37. The van der Waals surface area contributed by atoms with Crippen LogP contribution in [-0.4, -0.2) is 45.1 Å². The maximum absolute atomic E-state index is 13.1. The molecule has 1 fully saturated rings. The summed E-state index contributed by atoms with van der Waals surface area (Å²) in [6.45, 7) is 3.30. The number of amides is 1. The molecule has 1 N–H and O–H groups in total. The van der Waals surface area contributed by atoms with Crippen molar-refractivity contribution in [3.63, 3.8) is 0 Å². The van der Waals surface area contributed by atoms with Crippen molar-refractivity contribution in [1.29, 1.82) is 0 Å². The number of rotatable bonds is 7. The molecule has 1 aliphatic heterocycles. The minimum atomic E-state index is -0.168. The molecule has 4 heterocycles. The highest BCUT2D eigenvalue weighted by molar-refractivity contribution is 5.99. The van der Waals surface area contributed by atoms with Crippen LogP contribution < -0.4 is 10.2 Å². The number of pyridine rings is 1. The van der Waals surface area contributed by atoms with Crippen LogP contribution in [0.15, 0.2) is 67.1 Å². The van der Waals surface area contributed by atoms with Crippen LogP contribution in [-0.2, 0) is 6.54 Å². The number of fused-ring (bicyclic) bond motifs is 1. The van der Waals surface area contributed by atoms with Gasteiger partial charge in [0.2, 0.25) is 5.95 Å². The lowest BCUT2D eigenvalue weighted by atomic mass is 10.1. The highest BCUT2D eigenvalue weighted by Crippen LogP contribution is 2.23. The van der Waals surface area contributed by atoms with E-state index in [-0.39, 0.29) is 5.91 Å². The second kappa shape index (κ2) is 9.81. The normalized spacial score (nSPS) is 13.9. The molecule has 0 aliphatic carbocycles. The number of para-hydroxylation sites is 1. The number of piperidine rings is 1. The van der Waals surface area contributed by atoms with Gasteiger partial charge in [-0.15, -0.1) is 0 Å². The summed E-state index contributed by atoms with van der Waals surface area (Å²) < 4.78 is 2.22. The summed E-state index contributed by atoms with van der Waals surface area (Å²) in [7, 11) is 0. The van der Waals surface area contributed by atoms with Crippen LogP contribution >= 0.6 is 0 Å². The first-order valence-corrected chi connectivity index (χ1v) is 11.6. The Hall–Kier alpha value is -3.74. The van der Waals surface area contributed by atoms with E-state index >= 15 is 0 Å². The molecule has 1 amide bonds. The quantitative estimate of drug-likeness (QED) is 0.434. The summed E-state index contributed by atoms with van der Waals surface area (Å²) in [6, 6.07) is 16.1. The van der Waals surface area contributed by atoms with Gasteiger partial charge in [0.05, 0.1) is 11.3 Å². The van der Waals surface area contributed by atoms with Gasteiger partial charge in [0.15, 0.2) is 0 Å². The van der Waals surface area contributed by atoms with Crippen LogP contribution in [0.4, 0.5) is 5.95 Å². The largest absolute Gasteiger partial charge is 0.352 e. The molecule has 0 radical (unpaired) electrons. The van der Waals surface area contributed by atoms with Gasteiger partial charge in [-0.1, -0.05) is 24.3 Å². The van der Waals surface area contributed by atoms with Crippen molar-refractivity contribution >= 4 is 22.8 Å². The minimum absolute atomic E-state index is 0.168. The van der Waals surface area contributed by atoms with Crippen LogP contribution in [0.2, 0.25) is 0 Å². The van der Waals surface area contributed by atoms with Crippen LogP contribution in [0, 0.1) is 0 Å². The molecule has 168 valence electrons. The lowest BCUT2D eigenvalue weighted by Crippen LogP contribution is -2.32. The van der Waals surface area contributed by atoms with Gasteiger partial charge >= 0.3 is 0 Å². The van der Waals surface area contributed by atoms with Crippen molar-refractivity contribution in [2.24, 2.45) is 0 Å². The van der Waals surface area contributed by atoms with Crippen molar-refractivity contribution in [1.82, 2.24) is 24.8 Å². The topological polar surface area (TPSA) is 75.9 Å². The number of carbonyl (C=O) groups excluding carboxylic acids is 1. The lowest BCUT2D eigenvalue weighted by Gasteiger charge is -2.27. The van der Waals surface area contributed by atoms with Crippen molar-refractivity contribution in [3.05, 3.63) is 72.7 Å². The molecule has 0 atom stereocenters. The number of anilines is 1. The van der Waals surface area contributed by atoms with Gasteiger partial charge in [0.25, 0.3) is 5.91 Å². The summed E-state index contributed by atoms with van der Waals surface area (Å²) in [5.74, 6) is 0.504. The van der Waals surface area contributed by atoms with Gasteiger partial charge < -0.3 is 14.8 Å². The molecule has 1 aliphatic rings. The minimum Gasteiger partial charge on any atom is -0.352 e. The molecule has 0 unspecified atom stereocenters. The molecule has 1 saturated heterocycles. The Morgan fingerprint density at radius 1 is 0.970 bits per heavy atom. The molecular formula is C26H28N6O. The lowest BCUT2D eigenvalue weighted by molar-refractivity contribution is 0.0952. The van der Waals surface area contributed by atoms with Crippen molar-refractivity contribution in [3.8, 4) is 11.4 Å². The van der Waals surface area contributed by atoms with E-state index in [0.29, 0.717) is 29.4 Å². The van der Waals surface area contributed by atoms with E-state index in [1.165, 1.54) is 17.3 Å². The number of aryl methyl sites for hydroxylation is 1. The van der Waals surface area contributed by atoms with Gasteiger partial charge in [-0.3, -0.25) is 9.78 Å². The van der Waals surface area contributed by atoms with Crippen molar-refractivity contribution < 1.29 is 4.79 Å². The summed E-state index contributed by atoms with van der Waals surface area (Å²) in [6.07, 6.45) is 9.82. The van der Waals surface area contributed by atoms with Gasteiger partial charge in [-0.05, 0) is 55.3 Å². The van der Waals surface area contributed by atoms with Crippen LogP contribution in [0.3, 0.4) is 0 Å². The van der Waals surface area contributed by atoms with E-state index in [2.05, 4.69) is 49.1 Å². The zero-order chi connectivity index (χ0) is 22.5. The predicted molar refractivity (Wildman–Crippen MR) is 130 cm³/mol. The maximum atomic E-state index is 13.1. The average molecular weight is 441 g/mol. The third-order valence-corrected chi connectivity index (χ3v) is 6.11. The summed E-state index contributed by atoms with van der Waals surface area (Å²) in [5, 5.41) is 4.27. The number of nitrogens with one attached hydrogen (secondary N) is 1. The Bertz CT molecular complexity index is 1230. The number of nitrogens with zero attached hydrogens (tertiary/aromatic N) is 5. The van der Waals surface area contributed by atoms with Crippen molar-refractivity contribution in [2.75, 3.05) is 24.5 Å². The Kier molecular flexibility index (Phi) is 6.28. The first-order valence-electron chi connectivity index (χ1n) is 11.6.